The van der Waals surface area contributed by atoms with Gasteiger partial charge in [0, 0.05) is 24.1 Å². The number of amides is 2. The van der Waals surface area contributed by atoms with Gasteiger partial charge >= 0.3 is 6.03 Å². The monoisotopic (exact) mass is 329 g/mol. The topological polar surface area (TPSA) is 53.9 Å². The largest absolute Gasteiger partial charge is 0.390 e. The summed E-state index contributed by atoms with van der Waals surface area (Å²) in [6.07, 6.45) is 2.28. The average molecular weight is 329 g/mol. The van der Waals surface area contributed by atoms with E-state index in [0.717, 1.165) is 11.3 Å². The van der Waals surface area contributed by atoms with Crippen LogP contribution in [0.5, 0.6) is 0 Å². The number of benzene rings is 1. The SMILES string of the molecule is C=CCN(C[C@H]1CC(c2ccccc2C)=NO1)C(=O)NC(C)(C)C. The first-order valence-corrected chi connectivity index (χ1v) is 8.27. The van der Waals surface area contributed by atoms with Crippen molar-refractivity contribution in [1.82, 2.24) is 10.2 Å². The van der Waals surface area contributed by atoms with Gasteiger partial charge in [-0.1, -0.05) is 35.5 Å². The molecule has 1 aromatic rings. The number of hydrogen-bond acceptors (Lipinski definition) is 3. The first-order chi connectivity index (χ1) is 11.3. The first kappa shape index (κ1) is 18.0. The Kier molecular flexibility index (Phi) is 5.65. The molecule has 1 heterocycles. The van der Waals surface area contributed by atoms with Crippen molar-refractivity contribution in [3.63, 3.8) is 0 Å². The Hall–Kier alpha value is -2.30. The van der Waals surface area contributed by atoms with Gasteiger partial charge in [-0.05, 0) is 33.3 Å². The number of aryl methyl sites for hydroxylation is 1. The minimum absolute atomic E-state index is 0.115. The summed E-state index contributed by atoms with van der Waals surface area (Å²) in [5, 5.41) is 7.20. The van der Waals surface area contributed by atoms with Gasteiger partial charge in [0.05, 0.1) is 12.3 Å². The standard InChI is InChI=1S/C19H27N3O2/c1-6-11-22(18(23)20-19(3,4)5)13-15-12-17(21-24-15)16-10-8-7-9-14(16)2/h6-10,15H,1,11-13H2,2-5H3,(H,20,23)/t15-/m1/s1. The number of nitrogens with zero attached hydrogens (tertiary/aromatic N) is 2. The van der Waals surface area contributed by atoms with E-state index in [1.54, 1.807) is 11.0 Å². The zero-order valence-corrected chi connectivity index (χ0v) is 15.0. The van der Waals surface area contributed by atoms with Crippen LogP contribution in [-0.4, -0.2) is 41.4 Å². The second-order valence-electron chi connectivity index (χ2n) is 7.16. The summed E-state index contributed by atoms with van der Waals surface area (Å²) in [4.78, 5) is 19.7. The molecule has 0 unspecified atom stereocenters. The van der Waals surface area contributed by atoms with Crippen LogP contribution >= 0.6 is 0 Å². The number of hydrogen-bond donors (Lipinski definition) is 1. The molecule has 1 aromatic carbocycles. The third-order valence-electron chi connectivity index (χ3n) is 3.73. The van der Waals surface area contributed by atoms with Crippen LogP contribution in [0, 0.1) is 6.92 Å². The normalized spacial score (nSPS) is 17.0. The van der Waals surface area contributed by atoms with Crippen molar-refractivity contribution in [2.45, 2.75) is 45.8 Å². The van der Waals surface area contributed by atoms with Crippen LogP contribution in [-0.2, 0) is 4.84 Å². The maximum absolute atomic E-state index is 12.4. The van der Waals surface area contributed by atoms with Crippen molar-refractivity contribution in [1.29, 1.82) is 0 Å². The van der Waals surface area contributed by atoms with Crippen molar-refractivity contribution in [2.75, 3.05) is 13.1 Å². The summed E-state index contributed by atoms with van der Waals surface area (Å²) in [7, 11) is 0. The lowest BCUT2D eigenvalue weighted by atomic mass is 10.0. The molecule has 0 spiro atoms. The molecule has 5 heteroatoms. The Balaban J connectivity index is 1.99. The van der Waals surface area contributed by atoms with Crippen LogP contribution in [0.1, 0.15) is 38.3 Å². The first-order valence-electron chi connectivity index (χ1n) is 8.27. The van der Waals surface area contributed by atoms with Gasteiger partial charge < -0.3 is 15.1 Å². The van der Waals surface area contributed by atoms with Gasteiger partial charge in [0.25, 0.3) is 0 Å². The molecule has 0 aliphatic carbocycles. The quantitative estimate of drug-likeness (QED) is 0.841. The van der Waals surface area contributed by atoms with Gasteiger partial charge in [0.15, 0.2) is 6.10 Å². The molecule has 5 nitrogen and oxygen atoms in total. The van der Waals surface area contributed by atoms with Crippen molar-refractivity contribution in [3.8, 4) is 0 Å². The molecule has 0 saturated heterocycles. The minimum Gasteiger partial charge on any atom is -0.390 e. The molecule has 2 amide bonds. The Bertz CT molecular complexity index is 632. The molecule has 1 N–H and O–H groups in total. The fourth-order valence-corrected chi connectivity index (χ4v) is 2.62. The van der Waals surface area contributed by atoms with Gasteiger partial charge in [0.2, 0.25) is 0 Å². The highest BCUT2D eigenvalue weighted by molar-refractivity contribution is 6.02. The van der Waals surface area contributed by atoms with Crippen LogP contribution < -0.4 is 5.32 Å². The Morgan fingerprint density at radius 3 is 2.79 bits per heavy atom. The van der Waals surface area contributed by atoms with E-state index in [1.165, 1.54) is 5.56 Å². The lowest BCUT2D eigenvalue weighted by Crippen LogP contribution is -2.50. The number of carbonyl (C=O) groups excluding carboxylic acids is 1. The highest BCUT2D eigenvalue weighted by Crippen LogP contribution is 2.20. The van der Waals surface area contributed by atoms with Gasteiger partial charge in [-0.3, -0.25) is 0 Å². The van der Waals surface area contributed by atoms with E-state index < -0.39 is 0 Å². The molecule has 1 atom stereocenters. The molecule has 2 rings (SSSR count). The van der Waals surface area contributed by atoms with Crippen LogP contribution in [0.15, 0.2) is 42.1 Å². The highest BCUT2D eigenvalue weighted by Gasteiger charge is 2.28. The van der Waals surface area contributed by atoms with Crippen molar-refractivity contribution in [2.24, 2.45) is 5.16 Å². The fraction of sp³-hybridized carbons (Fsp3) is 0.474. The average Bonchev–Trinajstić information content (AvgIpc) is 2.94. The third kappa shape index (κ3) is 4.85. The van der Waals surface area contributed by atoms with Crippen molar-refractivity contribution < 1.29 is 9.63 Å². The second-order valence-corrected chi connectivity index (χ2v) is 7.16. The molecular formula is C19H27N3O2. The van der Waals surface area contributed by atoms with Crippen LogP contribution in [0.3, 0.4) is 0 Å². The Morgan fingerprint density at radius 2 is 2.17 bits per heavy atom. The third-order valence-corrected chi connectivity index (χ3v) is 3.73. The van der Waals surface area contributed by atoms with Crippen LogP contribution in [0.4, 0.5) is 4.79 Å². The van der Waals surface area contributed by atoms with Crippen molar-refractivity contribution >= 4 is 11.7 Å². The van der Waals surface area contributed by atoms with Gasteiger partial charge in [-0.2, -0.15) is 0 Å². The smallest absolute Gasteiger partial charge is 0.318 e. The molecule has 1 aliphatic rings. The van der Waals surface area contributed by atoms with E-state index in [0.29, 0.717) is 19.5 Å². The summed E-state index contributed by atoms with van der Waals surface area (Å²) in [6.45, 7) is 12.6. The van der Waals surface area contributed by atoms with E-state index in [1.807, 2.05) is 39.0 Å². The molecule has 0 bridgehead atoms. The molecular weight excluding hydrogens is 302 g/mol. The molecule has 130 valence electrons. The van der Waals surface area contributed by atoms with Gasteiger partial charge in [-0.15, -0.1) is 6.58 Å². The second kappa shape index (κ2) is 7.51. The van der Waals surface area contributed by atoms with E-state index in [-0.39, 0.29) is 17.7 Å². The highest BCUT2D eigenvalue weighted by atomic mass is 16.6. The predicted octanol–water partition coefficient (Wildman–Crippen LogP) is 3.48. The van der Waals surface area contributed by atoms with E-state index in [2.05, 4.69) is 30.0 Å². The number of oxime groups is 1. The molecule has 0 radical (unpaired) electrons. The zero-order chi connectivity index (χ0) is 17.7. The number of urea groups is 1. The van der Waals surface area contributed by atoms with Crippen molar-refractivity contribution in [3.05, 3.63) is 48.0 Å². The summed E-state index contributed by atoms with van der Waals surface area (Å²) >= 11 is 0. The summed E-state index contributed by atoms with van der Waals surface area (Å²) in [5.74, 6) is 0. The maximum atomic E-state index is 12.4. The fourth-order valence-electron chi connectivity index (χ4n) is 2.62. The molecule has 1 aliphatic heterocycles. The van der Waals surface area contributed by atoms with E-state index >= 15 is 0 Å². The Morgan fingerprint density at radius 1 is 1.46 bits per heavy atom. The molecule has 24 heavy (non-hydrogen) atoms. The van der Waals surface area contributed by atoms with Gasteiger partial charge in [-0.25, -0.2) is 4.79 Å². The molecule has 0 fully saturated rings. The Labute approximate surface area is 144 Å². The summed E-state index contributed by atoms with van der Waals surface area (Å²) < 4.78 is 0. The summed E-state index contributed by atoms with van der Waals surface area (Å²) in [6, 6.07) is 8.00. The van der Waals surface area contributed by atoms with Crippen LogP contribution in [0.2, 0.25) is 0 Å². The molecule has 0 aromatic heterocycles. The summed E-state index contributed by atoms with van der Waals surface area (Å²) in [5.41, 5.74) is 2.94. The minimum atomic E-state index is -0.282. The molecule has 0 saturated carbocycles. The van der Waals surface area contributed by atoms with E-state index in [4.69, 9.17) is 4.84 Å². The van der Waals surface area contributed by atoms with Crippen LogP contribution in [0.25, 0.3) is 0 Å². The van der Waals surface area contributed by atoms with Gasteiger partial charge in [0.1, 0.15) is 0 Å². The number of nitrogens with one attached hydrogen (secondary N) is 1. The predicted molar refractivity (Wildman–Crippen MR) is 97.3 cm³/mol. The number of carbonyl (C=O) groups is 1. The maximum Gasteiger partial charge on any atom is 0.318 e. The van der Waals surface area contributed by atoms with E-state index in [9.17, 15) is 4.79 Å². The zero-order valence-electron chi connectivity index (χ0n) is 15.0. The lowest BCUT2D eigenvalue weighted by molar-refractivity contribution is 0.0621. The number of rotatable bonds is 5. The lowest BCUT2D eigenvalue weighted by Gasteiger charge is -2.28.